The van der Waals surface area contributed by atoms with Crippen molar-refractivity contribution in [1.82, 2.24) is 9.78 Å². The van der Waals surface area contributed by atoms with Gasteiger partial charge in [-0.25, -0.2) is 0 Å². The summed E-state index contributed by atoms with van der Waals surface area (Å²) in [6.45, 7) is 13.4. The summed E-state index contributed by atoms with van der Waals surface area (Å²) in [4.78, 5) is 0. The Hall–Kier alpha value is -1.77. The second-order valence-corrected chi connectivity index (χ2v) is 7.19. The molecule has 2 rings (SSSR count). The van der Waals surface area contributed by atoms with Gasteiger partial charge in [-0.2, -0.15) is 5.10 Å². The zero-order valence-electron chi connectivity index (χ0n) is 13.9. The van der Waals surface area contributed by atoms with E-state index in [0.29, 0.717) is 11.7 Å². The summed E-state index contributed by atoms with van der Waals surface area (Å²) < 4.78 is 1.96. The van der Waals surface area contributed by atoms with Crippen molar-refractivity contribution < 1.29 is 5.11 Å². The molecule has 0 aliphatic carbocycles. The molecule has 21 heavy (non-hydrogen) atoms. The van der Waals surface area contributed by atoms with Gasteiger partial charge in [0.05, 0.1) is 0 Å². The maximum absolute atomic E-state index is 10.8. The summed E-state index contributed by atoms with van der Waals surface area (Å²) >= 11 is 0. The van der Waals surface area contributed by atoms with Gasteiger partial charge >= 0.3 is 0 Å². The summed E-state index contributed by atoms with van der Waals surface area (Å²) in [5.41, 5.74) is 3.63. The molecule has 0 saturated heterocycles. The fourth-order valence-corrected chi connectivity index (χ4v) is 2.54. The summed E-state index contributed by atoms with van der Waals surface area (Å²) in [6, 6.07) is 8.14. The fourth-order valence-electron chi connectivity index (χ4n) is 2.54. The first kappa shape index (κ1) is 15.6. The van der Waals surface area contributed by atoms with Crippen molar-refractivity contribution in [2.24, 2.45) is 5.92 Å². The van der Waals surface area contributed by atoms with Crippen molar-refractivity contribution in [3.63, 3.8) is 0 Å². The number of aromatic nitrogens is 2. The van der Waals surface area contributed by atoms with E-state index in [2.05, 4.69) is 53.7 Å². The molecule has 3 nitrogen and oxygen atoms in total. The average molecular weight is 286 g/mol. The largest absolute Gasteiger partial charge is 0.504 e. The molecule has 1 aromatic heterocycles. The van der Waals surface area contributed by atoms with Gasteiger partial charge in [-0.3, -0.25) is 4.68 Å². The molecule has 0 aliphatic heterocycles. The molecule has 0 saturated carbocycles. The van der Waals surface area contributed by atoms with Crippen LogP contribution in [0.1, 0.15) is 45.9 Å². The van der Waals surface area contributed by atoms with E-state index in [9.17, 15) is 5.11 Å². The van der Waals surface area contributed by atoms with E-state index in [1.54, 1.807) is 0 Å². The minimum absolute atomic E-state index is 0.177. The summed E-state index contributed by atoms with van der Waals surface area (Å²) in [5.74, 6) is 0.789. The first-order valence-electron chi connectivity index (χ1n) is 7.58. The highest BCUT2D eigenvalue weighted by molar-refractivity contribution is 5.71. The smallest absolute Gasteiger partial charge is 0.165 e. The molecule has 0 atom stereocenters. The van der Waals surface area contributed by atoms with Crippen LogP contribution in [0.25, 0.3) is 11.3 Å². The van der Waals surface area contributed by atoms with Crippen molar-refractivity contribution in [3.05, 3.63) is 35.5 Å². The van der Waals surface area contributed by atoms with Crippen molar-refractivity contribution in [1.29, 1.82) is 0 Å². The Morgan fingerprint density at radius 1 is 1.19 bits per heavy atom. The van der Waals surface area contributed by atoms with Crippen molar-refractivity contribution >= 4 is 0 Å². The Bertz CT molecular complexity index is 633. The second-order valence-electron chi connectivity index (χ2n) is 7.19. The van der Waals surface area contributed by atoms with Crippen LogP contribution in [0.4, 0.5) is 0 Å². The molecule has 114 valence electrons. The monoisotopic (exact) mass is 286 g/mol. The first-order valence-corrected chi connectivity index (χ1v) is 7.58. The van der Waals surface area contributed by atoms with Crippen LogP contribution < -0.4 is 0 Å². The SMILES string of the molecule is Cc1ccccc1-c1c(O)c(C(C)(C)C)nn1CC(C)C. The maximum Gasteiger partial charge on any atom is 0.165 e. The topological polar surface area (TPSA) is 38.1 Å². The average Bonchev–Trinajstić information content (AvgIpc) is 2.66. The molecule has 0 spiro atoms. The van der Waals surface area contributed by atoms with Crippen LogP contribution in [-0.4, -0.2) is 14.9 Å². The number of rotatable bonds is 3. The molecular weight excluding hydrogens is 260 g/mol. The zero-order valence-corrected chi connectivity index (χ0v) is 13.9. The minimum atomic E-state index is -0.177. The normalized spacial score (nSPS) is 12.1. The standard InChI is InChI=1S/C18H26N2O/c1-12(2)11-20-15(14-10-8-7-9-13(14)3)16(21)17(19-20)18(4,5)6/h7-10,12,21H,11H2,1-6H3. The fraction of sp³-hybridized carbons (Fsp3) is 0.500. The van der Waals surface area contributed by atoms with Crippen LogP contribution in [0, 0.1) is 12.8 Å². The number of hydrogen-bond donors (Lipinski definition) is 1. The maximum atomic E-state index is 10.8. The van der Waals surface area contributed by atoms with E-state index in [-0.39, 0.29) is 5.41 Å². The number of aromatic hydroxyl groups is 1. The van der Waals surface area contributed by atoms with Gasteiger partial charge in [0.15, 0.2) is 5.75 Å². The minimum Gasteiger partial charge on any atom is -0.504 e. The summed E-state index contributed by atoms with van der Waals surface area (Å²) in [6.07, 6.45) is 0. The van der Waals surface area contributed by atoms with Crippen molar-refractivity contribution in [2.45, 2.75) is 53.5 Å². The van der Waals surface area contributed by atoms with Gasteiger partial charge < -0.3 is 5.11 Å². The summed E-state index contributed by atoms with van der Waals surface area (Å²) in [5, 5.41) is 15.5. The van der Waals surface area contributed by atoms with Crippen LogP contribution in [0.3, 0.4) is 0 Å². The third-order valence-electron chi connectivity index (χ3n) is 3.58. The zero-order chi connectivity index (χ0) is 15.8. The first-order chi connectivity index (χ1) is 9.71. The quantitative estimate of drug-likeness (QED) is 0.901. The van der Waals surface area contributed by atoms with Crippen LogP contribution in [0.5, 0.6) is 5.75 Å². The van der Waals surface area contributed by atoms with E-state index >= 15 is 0 Å². The molecule has 0 fully saturated rings. The van der Waals surface area contributed by atoms with Crippen molar-refractivity contribution in [2.75, 3.05) is 0 Å². The highest BCUT2D eigenvalue weighted by Gasteiger charge is 2.28. The third-order valence-corrected chi connectivity index (χ3v) is 3.58. The molecule has 1 N–H and O–H groups in total. The third kappa shape index (κ3) is 3.12. The van der Waals surface area contributed by atoms with Crippen LogP contribution in [-0.2, 0) is 12.0 Å². The number of hydrogen-bond acceptors (Lipinski definition) is 2. The lowest BCUT2D eigenvalue weighted by Gasteiger charge is -2.15. The van der Waals surface area contributed by atoms with Gasteiger partial charge in [-0.05, 0) is 18.4 Å². The number of nitrogens with zero attached hydrogens (tertiary/aromatic N) is 2. The Morgan fingerprint density at radius 3 is 2.33 bits per heavy atom. The molecule has 2 aromatic rings. The van der Waals surface area contributed by atoms with Gasteiger partial charge in [0.25, 0.3) is 0 Å². The Labute approximate surface area is 127 Å². The van der Waals surface area contributed by atoms with E-state index < -0.39 is 0 Å². The molecule has 1 aromatic carbocycles. The van der Waals surface area contributed by atoms with E-state index in [4.69, 9.17) is 5.10 Å². The highest BCUT2D eigenvalue weighted by atomic mass is 16.3. The molecule has 0 unspecified atom stereocenters. The highest BCUT2D eigenvalue weighted by Crippen LogP contribution is 2.39. The van der Waals surface area contributed by atoms with Crippen LogP contribution in [0.2, 0.25) is 0 Å². The lowest BCUT2D eigenvalue weighted by atomic mass is 9.90. The summed E-state index contributed by atoms with van der Waals surface area (Å²) in [7, 11) is 0. The number of benzene rings is 1. The van der Waals surface area contributed by atoms with Gasteiger partial charge in [-0.1, -0.05) is 58.9 Å². The lowest BCUT2D eigenvalue weighted by molar-refractivity contribution is 0.444. The Morgan fingerprint density at radius 2 is 1.81 bits per heavy atom. The lowest BCUT2D eigenvalue weighted by Crippen LogP contribution is -2.14. The predicted octanol–water partition coefficient (Wildman–Crippen LogP) is 4.52. The molecule has 0 amide bonds. The van der Waals surface area contributed by atoms with Gasteiger partial charge in [-0.15, -0.1) is 0 Å². The van der Waals surface area contributed by atoms with Gasteiger partial charge in [0.2, 0.25) is 0 Å². The Balaban J connectivity index is 2.68. The molecular formula is C18H26N2O. The molecule has 0 radical (unpaired) electrons. The van der Waals surface area contributed by atoms with E-state index in [1.165, 1.54) is 0 Å². The van der Waals surface area contributed by atoms with E-state index in [0.717, 1.165) is 29.1 Å². The van der Waals surface area contributed by atoms with Crippen molar-refractivity contribution in [3.8, 4) is 17.0 Å². The van der Waals surface area contributed by atoms with Crippen LogP contribution in [0.15, 0.2) is 24.3 Å². The van der Waals surface area contributed by atoms with Gasteiger partial charge in [0, 0.05) is 17.5 Å². The predicted molar refractivity (Wildman–Crippen MR) is 87.6 cm³/mol. The molecule has 3 heteroatoms. The molecule has 1 heterocycles. The van der Waals surface area contributed by atoms with Gasteiger partial charge in [0.1, 0.15) is 11.4 Å². The van der Waals surface area contributed by atoms with E-state index in [1.807, 2.05) is 16.8 Å². The molecule has 0 bridgehead atoms. The van der Waals surface area contributed by atoms with Crippen LogP contribution >= 0.6 is 0 Å². The Kier molecular flexibility index (Phi) is 4.13. The molecule has 0 aliphatic rings. The number of aryl methyl sites for hydroxylation is 1. The second kappa shape index (κ2) is 5.55.